The monoisotopic (exact) mass is 351 g/mol. The predicted molar refractivity (Wildman–Crippen MR) is 99.3 cm³/mol. The van der Waals surface area contributed by atoms with E-state index < -0.39 is 0 Å². The summed E-state index contributed by atoms with van der Waals surface area (Å²) in [5, 5.41) is 0.874. The number of aryl methyl sites for hydroxylation is 2. The molecule has 0 atom stereocenters. The highest BCUT2D eigenvalue weighted by Gasteiger charge is 2.25. The van der Waals surface area contributed by atoms with E-state index in [1.807, 2.05) is 37.3 Å². The molecule has 1 saturated heterocycles. The number of nitrogens with zero attached hydrogens (tertiary/aromatic N) is 1. The van der Waals surface area contributed by atoms with Gasteiger partial charge in [-0.2, -0.15) is 0 Å². The Kier molecular flexibility index (Phi) is 4.26. The van der Waals surface area contributed by atoms with Gasteiger partial charge in [0.05, 0.1) is 37.1 Å². The molecule has 4 rings (SSSR count). The van der Waals surface area contributed by atoms with Crippen LogP contribution < -0.4 is 4.74 Å². The molecule has 5 heteroatoms. The second-order valence-corrected chi connectivity index (χ2v) is 6.44. The number of ether oxygens (including phenoxy) is 3. The van der Waals surface area contributed by atoms with E-state index in [0.717, 1.165) is 39.7 Å². The zero-order chi connectivity index (χ0) is 18.3. The lowest BCUT2D eigenvalue weighted by Gasteiger charge is -2.20. The van der Waals surface area contributed by atoms with Gasteiger partial charge in [0.1, 0.15) is 5.75 Å². The highest BCUT2D eigenvalue weighted by atomic mass is 16.7. The Morgan fingerprint density at radius 2 is 1.92 bits per heavy atom. The van der Waals surface area contributed by atoms with Gasteiger partial charge in [0.25, 0.3) is 0 Å². The Balaban J connectivity index is 2.01. The Morgan fingerprint density at radius 3 is 2.62 bits per heavy atom. The van der Waals surface area contributed by atoms with Gasteiger partial charge in [0.2, 0.25) is 0 Å². The van der Waals surface area contributed by atoms with Gasteiger partial charge in [-0.15, -0.1) is 0 Å². The summed E-state index contributed by atoms with van der Waals surface area (Å²) < 4.78 is 19.0. The first kappa shape index (κ1) is 16.8. The fraction of sp³-hybridized carbons (Fsp3) is 0.286. The fourth-order valence-corrected chi connectivity index (χ4v) is 3.73. The van der Waals surface area contributed by atoms with E-state index in [9.17, 15) is 4.79 Å². The van der Waals surface area contributed by atoms with Crippen molar-refractivity contribution in [2.75, 3.05) is 20.3 Å². The molecule has 1 aliphatic heterocycles. The molecule has 26 heavy (non-hydrogen) atoms. The molecular weight excluding hydrogens is 330 g/mol. The van der Waals surface area contributed by atoms with Crippen molar-refractivity contribution in [3.8, 4) is 11.4 Å². The number of methoxy groups -OCH3 is 1. The minimum absolute atomic E-state index is 0.370. The zero-order valence-corrected chi connectivity index (χ0v) is 15.1. The van der Waals surface area contributed by atoms with Crippen LogP contribution in [0.4, 0.5) is 0 Å². The third kappa shape index (κ3) is 2.52. The van der Waals surface area contributed by atoms with Crippen molar-refractivity contribution in [2.45, 2.75) is 20.1 Å². The van der Waals surface area contributed by atoms with E-state index in [0.29, 0.717) is 24.5 Å². The average Bonchev–Trinajstić information content (AvgIpc) is 3.28. The van der Waals surface area contributed by atoms with Gasteiger partial charge in [0, 0.05) is 16.6 Å². The van der Waals surface area contributed by atoms with Crippen LogP contribution in [0.15, 0.2) is 36.4 Å². The van der Waals surface area contributed by atoms with Crippen molar-refractivity contribution in [1.29, 1.82) is 0 Å². The topological polar surface area (TPSA) is 49.7 Å². The number of hydrogen-bond donors (Lipinski definition) is 0. The number of rotatable bonds is 4. The van der Waals surface area contributed by atoms with Gasteiger partial charge in [-0.05, 0) is 37.6 Å². The van der Waals surface area contributed by atoms with Crippen molar-refractivity contribution in [1.82, 2.24) is 4.57 Å². The van der Waals surface area contributed by atoms with Crippen LogP contribution in [-0.4, -0.2) is 31.2 Å². The summed E-state index contributed by atoms with van der Waals surface area (Å²) in [6, 6.07) is 12.0. The van der Waals surface area contributed by atoms with E-state index in [1.54, 1.807) is 7.11 Å². The van der Waals surface area contributed by atoms with Crippen LogP contribution in [0.1, 0.15) is 33.5 Å². The quantitative estimate of drug-likeness (QED) is 0.664. The van der Waals surface area contributed by atoms with E-state index in [2.05, 4.69) is 17.6 Å². The lowest BCUT2D eigenvalue weighted by molar-refractivity contribution is -0.0441. The molecule has 0 N–H and O–H groups in total. The second-order valence-electron chi connectivity index (χ2n) is 6.44. The molecule has 2 heterocycles. The molecule has 134 valence electrons. The molecule has 3 aromatic rings. The van der Waals surface area contributed by atoms with Gasteiger partial charge in [0.15, 0.2) is 12.6 Å². The highest BCUT2D eigenvalue weighted by molar-refractivity contribution is 6.01. The van der Waals surface area contributed by atoms with Crippen molar-refractivity contribution in [2.24, 2.45) is 0 Å². The Labute approximate surface area is 152 Å². The van der Waals surface area contributed by atoms with Crippen LogP contribution in [0, 0.1) is 13.8 Å². The minimum atomic E-state index is -0.370. The molecule has 1 aliphatic rings. The molecule has 0 saturated carbocycles. The maximum Gasteiger partial charge on any atom is 0.186 e. The molecule has 1 fully saturated rings. The number of aldehydes is 1. The predicted octanol–water partition coefficient (Wildman–Crippen LogP) is 4.11. The van der Waals surface area contributed by atoms with E-state index in [4.69, 9.17) is 14.2 Å². The van der Waals surface area contributed by atoms with E-state index >= 15 is 0 Å². The smallest absolute Gasteiger partial charge is 0.186 e. The number of hydrogen-bond acceptors (Lipinski definition) is 4. The van der Waals surface area contributed by atoms with Crippen molar-refractivity contribution >= 4 is 17.2 Å². The standard InChI is InChI=1S/C21H21NO4/c1-13-5-4-6-15(21-25-9-10-26-21)20(13)22-14(2)11-16-17(12-23)19(24-3)8-7-18(16)22/h4-8,11-12,21H,9-10H2,1-3H3. The van der Waals surface area contributed by atoms with Crippen LogP contribution >= 0.6 is 0 Å². The molecule has 0 radical (unpaired) electrons. The molecule has 5 nitrogen and oxygen atoms in total. The normalized spacial score (nSPS) is 14.9. The van der Waals surface area contributed by atoms with Crippen LogP contribution in [0.2, 0.25) is 0 Å². The molecular formula is C21H21NO4. The third-order valence-corrected chi connectivity index (χ3v) is 4.88. The highest BCUT2D eigenvalue weighted by Crippen LogP contribution is 2.36. The van der Waals surface area contributed by atoms with Crippen LogP contribution in [0.25, 0.3) is 16.6 Å². The Morgan fingerprint density at radius 1 is 1.15 bits per heavy atom. The Hall–Kier alpha value is -2.63. The summed E-state index contributed by atoms with van der Waals surface area (Å²) in [5.74, 6) is 0.581. The molecule has 0 amide bonds. The maximum atomic E-state index is 11.7. The van der Waals surface area contributed by atoms with Gasteiger partial charge in [-0.1, -0.05) is 18.2 Å². The number of para-hydroxylation sites is 1. The minimum Gasteiger partial charge on any atom is -0.496 e. The van der Waals surface area contributed by atoms with Crippen LogP contribution in [0.3, 0.4) is 0 Å². The Bertz CT molecular complexity index is 983. The third-order valence-electron chi connectivity index (χ3n) is 4.88. The summed E-state index contributed by atoms with van der Waals surface area (Å²) in [4.78, 5) is 11.7. The first-order valence-electron chi connectivity index (χ1n) is 8.63. The van der Waals surface area contributed by atoms with Gasteiger partial charge < -0.3 is 18.8 Å². The van der Waals surface area contributed by atoms with E-state index in [1.165, 1.54) is 0 Å². The number of fused-ring (bicyclic) bond motifs is 1. The molecule has 0 aliphatic carbocycles. The molecule has 0 unspecified atom stereocenters. The largest absolute Gasteiger partial charge is 0.496 e. The summed E-state index contributed by atoms with van der Waals surface area (Å²) in [5.41, 5.74) is 5.70. The van der Waals surface area contributed by atoms with E-state index in [-0.39, 0.29) is 6.29 Å². The summed E-state index contributed by atoms with van der Waals surface area (Å²) in [6.07, 6.45) is 0.484. The lowest BCUT2D eigenvalue weighted by atomic mass is 10.1. The fourth-order valence-electron chi connectivity index (χ4n) is 3.73. The SMILES string of the molecule is COc1ccc2c(cc(C)n2-c2c(C)cccc2C2OCCO2)c1C=O. The first-order valence-corrected chi connectivity index (χ1v) is 8.63. The van der Waals surface area contributed by atoms with Crippen LogP contribution in [-0.2, 0) is 9.47 Å². The summed E-state index contributed by atoms with van der Waals surface area (Å²) in [7, 11) is 1.58. The molecule has 1 aromatic heterocycles. The molecule has 0 spiro atoms. The maximum absolute atomic E-state index is 11.7. The molecule has 2 aromatic carbocycles. The van der Waals surface area contributed by atoms with Crippen molar-refractivity contribution in [3.05, 3.63) is 58.8 Å². The van der Waals surface area contributed by atoms with Crippen LogP contribution in [0.5, 0.6) is 5.75 Å². The second kappa shape index (κ2) is 6.59. The van der Waals surface area contributed by atoms with Crippen molar-refractivity contribution < 1.29 is 19.0 Å². The van der Waals surface area contributed by atoms with Gasteiger partial charge >= 0.3 is 0 Å². The first-order chi connectivity index (χ1) is 12.7. The zero-order valence-electron chi connectivity index (χ0n) is 15.1. The summed E-state index contributed by atoms with van der Waals surface area (Å²) >= 11 is 0. The van der Waals surface area contributed by atoms with Gasteiger partial charge in [-0.3, -0.25) is 4.79 Å². The van der Waals surface area contributed by atoms with Crippen molar-refractivity contribution in [3.63, 3.8) is 0 Å². The average molecular weight is 351 g/mol. The molecule has 0 bridgehead atoms. The number of benzene rings is 2. The lowest BCUT2D eigenvalue weighted by Crippen LogP contribution is -2.08. The number of aromatic nitrogens is 1. The van der Waals surface area contributed by atoms with Gasteiger partial charge in [-0.25, -0.2) is 0 Å². The number of carbonyl (C=O) groups excluding carboxylic acids is 1. The number of carbonyl (C=O) groups is 1. The summed E-state index contributed by atoms with van der Waals surface area (Å²) in [6.45, 7) is 5.29.